The molecule has 0 aliphatic heterocycles. The molecule has 0 aliphatic carbocycles. The molecule has 0 fully saturated rings. The maximum absolute atomic E-state index is 3.40. The molecule has 0 heterocycles. The Bertz CT molecular complexity index is 170. The predicted molar refractivity (Wildman–Crippen MR) is 70.2 cm³/mol. The molecule has 1 atom stereocenters. The zero-order valence-corrected chi connectivity index (χ0v) is 11.9. The lowest BCUT2D eigenvalue weighted by Crippen LogP contribution is -2.40. The van der Waals surface area contributed by atoms with Gasteiger partial charge in [0.15, 0.2) is 0 Å². The summed E-state index contributed by atoms with van der Waals surface area (Å²) in [6, 6.07) is 0. The number of nitrogens with one attached hydrogen (secondary N) is 1. The Morgan fingerprint density at radius 2 is 1.67 bits per heavy atom. The van der Waals surface area contributed by atoms with Crippen LogP contribution in [0, 0.1) is 11.3 Å². The Kier molecular flexibility index (Phi) is 5.87. The fourth-order valence-corrected chi connectivity index (χ4v) is 2.90. The molecule has 0 rings (SSSR count). The molecule has 1 nitrogen and oxygen atoms in total. The highest BCUT2D eigenvalue weighted by Crippen LogP contribution is 2.35. The predicted octanol–water partition coefficient (Wildman–Crippen LogP) is 4.23. The van der Waals surface area contributed by atoms with Gasteiger partial charge in [-0.1, -0.05) is 40.5 Å². The average Bonchev–Trinajstić information content (AvgIpc) is 2.01. The number of rotatable bonds is 7. The van der Waals surface area contributed by atoms with Crippen LogP contribution < -0.4 is 5.32 Å². The number of hydrogen-bond acceptors (Lipinski definition) is 1. The highest BCUT2D eigenvalue weighted by Gasteiger charge is 2.28. The lowest BCUT2D eigenvalue weighted by molar-refractivity contribution is 0.187. The van der Waals surface area contributed by atoms with E-state index in [0.717, 1.165) is 5.92 Å². The minimum absolute atomic E-state index is 0.259. The van der Waals surface area contributed by atoms with Gasteiger partial charge in [0.05, 0.1) is 0 Å². The molecule has 0 saturated heterocycles. The summed E-state index contributed by atoms with van der Waals surface area (Å²) in [5, 5.41) is 3.40. The van der Waals surface area contributed by atoms with E-state index in [4.69, 9.17) is 0 Å². The van der Waals surface area contributed by atoms with Crippen molar-refractivity contribution in [1.29, 1.82) is 0 Å². The Hall–Kier alpha value is -0.0400. The van der Waals surface area contributed by atoms with E-state index in [1.54, 1.807) is 0 Å². The second kappa shape index (κ2) is 5.89. The summed E-state index contributed by atoms with van der Waals surface area (Å²) < 4.78 is 0. The molecule has 0 aromatic rings. The van der Waals surface area contributed by atoms with Crippen LogP contribution >= 0.6 is 0 Å². The molecule has 0 radical (unpaired) electrons. The summed E-state index contributed by atoms with van der Waals surface area (Å²) in [7, 11) is 2.06. The highest BCUT2D eigenvalue weighted by molar-refractivity contribution is 4.84. The summed E-state index contributed by atoms with van der Waals surface area (Å²) in [6.07, 6.45) is 5.26. The van der Waals surface area contributed by atoms with Crippen molar-refractivity contribution in [1.82, 2.24) is 5.32 Å². The molecule has 1 N–H and O–H groups in total. The second-order valence-electron chi connectivity index (χ2n) is 6.57. The summed E-state index contributed by atoms with van der Waals surface area (Å²) in [4.78, 5) is 0. The van der Waals surface area contributed by atoms with Crippen molar-refractivity contribution in [2.24, 2.45) is 11.3 Å². The minimum atomic E-state index is 0.259. The third-order valence-corrected chi connectivity index (χ3v) is 3.28. The van der Waals surface area contributed by atoms with E-state index >= 15 is 0 Å². The lowest BCUT2D eigenvalue weighted by atomic mass is 9.74. The lowest BCUT2D eigenvalue weighted by Gasteiger charge is -2.36. The van der Waals surface area contributed by atoms with Gasteiger partial charge in [-0.3, -0.25) is 0 Å². The van der Waals surface area contributed by atoms with Gasteiger partial charge in [0, 0.05) is 5.54 Å². The first-order valence-electron chi connectivity index (χ1n) is 6.41. The molecule has 0 spiro atoms. The standard InChI is InChI=1S/C14H31N/c1-8-9-12(2)10-13(3,4)11-14(5,6)15-7/h12,15H,8-11H2,1-7H3. The molecule has 92 valence electrons. The van der Waals surface area contributed by atoms with Crippen LogP contribution in [0.4, 0.5) is 0 Å². The van der Waals surface area contributed by atoms with Gasteiger partial charge in [0.2, 0.25) is 0 Å². The van der Waals surface area contributed by atoms with Crippen molar-refractivity contribution in [3.8, 4) is 0 Å². The van der Waals surface area contributed by atoms with Crippen LogP contribution in [-0.2, 0) is 0 Å². The molecular weight excluding hydrogens is 182 g/mol. The first-order chi connectivity index (χ1) is 6.72. The van der Waals surface area contributed by atoms with Crippen molar-refractivity contribution in [2.45, 2.75) is 72.8 Å². The van der Waals surface area contributed by atoms with Crippen molar-refractivity contribution < 1.29 is 0 Å². The topological polar surface area (TPSA) is 12.0 Å². The summed E-state index contributed by atoms with van der Waals surface area (Å²) >= 11 is 0. The van der Waals surface area contributed by atoms with Crippen molar-refractivity contribution >= 4 is 0 Å². The van der Waals surface area contributed by atoms with Gasteiger partial charge in [0.1, 0.15) is 0 Å². The fraction of sp³-hybridized carbons (Fsp3) is 1.00. The molecule has 1 heteroatoms. The van der Waals surface area contributed by atoms with E-state index in [9.17, 15) is 0 Å². The Morgan fingerprint density at radius 3 is 2.07 bits per heavy atom. The van der Waals surface area contributed by atoms with Crippen LogP contribution in [0.3, 0.4) is 0 Å². The zero-order chi connectivity index (χ0) is 12.1. The van der Waals surface area contributed by atoms with Crippen LogP contribution in [0.25, 0.3) is 0 Å². The summed E-state index contributed by atoms with van der Waals surface area (Å²) in [5.74, 6) is 0.859. The third-order valence-electron chi connectivity index (χ3n) is 3.28. The Morgan fingerprint density at radius 1 is 1.13 bits per heavy atom. The monoisotopic (exact) mass is 213 g/mol. The zero-order valence-electron chi connectivity index (χ0n) is 11.9. The van der Waals surface area contributed by atoms with Gasteiger partial charge in [-0.05, 0) is 45.1 Å². The van der Waals surface area contributed by atoms with Gasteiger partial charge in [-0.25, -0.2) is 0 Å². The first kappa shape index (κ1) is 15.0. The van der Waals surface area contributed by atoms with Crippen LogP contribution in [0.2, 0.25) is 0 Å². The highest BCUT2D eigenvalue weighted by atomic mass is 14.9. The van der Waals surface area contributed by atoms with Crippen LogP contribution in [0.5, 0.6) is 0 Å². The first-order valence-corrected chi connectivity index (χ1v) is 6.41. The van der Waals surface area contributed by atoms with Gasteiger partial charge in [0.25, 0.3) is 0 Å². The Labute approximate surface area is 97.0 Å². The summed E-state index contributed by atoms with van der Waals surface area (Å²) in [5.41, 5.74) is 0.705. The van der Waals surface area contributed by atoms with Crippen LogP contribution in [-0.4, -0.2) is 12.6 Å². The van der Waals surface area contributed by atoms with E-state index in [2.05, 4.69) is 53.9 Å². The minimum Gasteiger partial charge on any atom is -0.315 e. The van der Waals surface area contributed by atoms with Gasteiger partial charge in [-0.2, -0.15) is 0 Å². The molecule has 0 aromatic heterocycles. The third kappa shape index (κ3) is 6.94. The molecule has 0 aromatic carbocycles. The molecule has 0 amide bonds. The molecular formula is C14H31N. The summed E-state index contributed by atoms with van der Waals surface area (Å²) in [6.45, 7) is 14.0. The Balaban J connectivity index is 4.17. The average molecular weight is 213 g/mol. The molecule has 0 saturated carbocycles. The van der Waals surface area contributed by atoms with Crippen molar-refractivity contribution in [3.63, 3.8) is 0 Å². The van der Waals surface area contributed by atoms with E-state index in [0.29, 0.717) is 5.41 Å². The van der Waals surface area contributed by atoms with Gasteiger partial charge >= 0.3 is 0 Å². The van der Waals surface area contributed by atoms with Gasteiger partial charge in [-0.15, -0.1) is 0 Å². The van der Waals surface area contributed by atoms with E-state index < -0.39 is 0 Å². The normalized spacial score (nSPS) is 15.4. The van der Waals surface area contributed by atoms with Crippen LogP contribution in [0.1, 0.15) is 67.2 Å². The maximum Gasteiger partial charge on any atom is 0.0127 e. The van der Waals surface area contributed by atoms with Crippen molar-refractivity contribution in [2.75, 3.05) is 7.05 Å². The number of hydrogen-bond donors (Lipinski definition) is 1. The molecule has 0 aliphatic rings. The van der Waals surface area contributed by atoms with E-state index in [-0.39, 0.29) is 5.54 Å². The smallest absolute Gasteiger partial charge is 0.0127 e. The second-order valence-corrected chi connectivity index (χ2v) is 6.57. The maximum atomic E-state index is 3.40. The quantitative estimate of drug-likeness (QED) is 0.667. The molecule has 1 unspecified atom stereocenters. The van der Waals surface area contributed by atoms with E-state index in [1.165, 1.54) is 25.7 Å². The molecule has 15 heavy (non-hydrogen) atoms. The SMILES string of the molecule is CCCC(C)CC(C)(C)CC(C)(C)NC. The van der Waals surface area contributed by atoms with Crippen LogP contribution in [0.15, 0.2) is 0 Å². The largest absolute Gasteiger partial charge is 0.315 e. The van der Waals surface area contributed by atoms with Crippen molar-refractivity contribution in [3.05, 3.63) is 0 Å². The molecule has 0 bridgehead atoms. The fourth-order valence-electron chi connectivity index (χ4n) is 2.90. The van der Waals surface area contributed by atoms with E-state index in [1.807, 2.05) is 0 Å². The van der Waals surface area contributed by atoms with Gasteiger partial charge < -0.3 is 5.32 Å².